The van der Waals surface area contributed by atoms with E-state index < -0.39 is 23.2 Å². The van der Waals surface area contributed by atoms with Gasteiger partial charge in [0, 0.05) is 22.9 Å². The van der Waals surface area contributed by atoms with Gasteiger partial charge in [0.2, 0.25) is 0 Å². The summed E-state index contributed by atoms with van der Waals surface area (Å²) in [7, 11) is 0. The van der Waals surface area contributed by atoms with Crippen molar-refractivity contribution in [2.75, 3.05) is 11.9 Å². The molecule has 1 aliphatic rings. The third kappa shape index (κ3) is 3.84. The number of aryl methyl sites for hydroxylation is 1. The molecule has 0 spiro atoms. The largest absolute Gasteiger partial charge is 0.491 e. The number of halogens is 2. The van der Waals surface area contributed by atoms with E-state index in [1.807, 2.05) is 24.3 Å². The van der Waals surface area contributed by atoms with E-state index in [1.54, 1.807) is 19.1 Å². The van der Waals surface area contributed by atoms with Gasteiger partial charge >= 0.3 is 0 Å². The zero-order chi connectivity index (χ0) is 21.3. The van der Waals surface area contributed by atoms with E-state index in [0.29, 0.717) is 29.5 Å². The van der Waals surface area contributed by atoms with Gasteiger partial charge in [0.15, 0.2) is 11.5 Å². The quantitative estimate of drug-likeness (QED) is 0.687. The summed E-state index contributed by atoms with van der Waals surface area (Å²) in [6.45, 7) is 2.06. The number of hydrogen-bond donors (Lipinski definition) is 2. The number of ether oxygens (including phenoxy) is 1. The molecule has 8 heteroatoms. The fourth-order valence-electron chi connectivity index (χ4n) is 3.18. The molecule has 3 aromatic rings. The Kier molecular flexibility index (Phi) is 5.14. The van der Waals surface area contributed by atoms with Crippen molar-refractivity contribution in [3.8, 4) is 5.75 Å². The minimum absolute atomic E-state index is 0.287. The van der Waals surface area contributed by atoms with Gasteiger partial charge in [-0.2, -0.15) is 0 Å². The molecular formula is C22H17F2N3O3. The molecule has 2 heterocycles. The minimum atomic E-state index is -1.07. The number of amides is 2. The highest BCUT2D eigenvalue weighted by atomic mass is 19.1. The zero-order valence-electron chi connectivity index (χ0n) is 15.9. The minimum Gasteiger partial charge on any atom is -0.491 e. The third-order valence-corrected chi connectivity index (χ3v) is 4.78. The number of nitrogens with one attached hydrogen (secondary N) is 2. The Morgan fingerprint density at radius 1 is 1.10 bits per heavy atom. The topological polar surface area (TPSA) is 80.3 Å². The summed E-state index contributed by atoms with van der Waals surface area (Å²) in [6, 6.07) is 12.5. The van der Waals surface area contributed by atoms with Crippen molar-refractivity contribution in [3.63, 3.8) is 0 Å². The molecule has 2 amide bonds. The normalized spacial score (nSPS) is 14.6. The van der Waals surface area contributed by atoms with Crippen LogP contribution in [0.4, 0.5) is 14.5 Å². The molecule has 1 unspecified atom stereocenters. The molecule has 2 aromatic carbocycles. The lowest BCUT2D eigenvalue weighted by molar-refractivity contribution is 0.0929. The summed E-state index contributed by atoms with van der Waals surface area (Å²) in [4.78, 5) is 28.6. The first-order chi connectivity index (χ1) is 14.4. The number of carbonyl (C=O) groups excluding carboxylic acids is 2. The van der Waals surface area contributed by atoms with Crippen molar-refractivity contribution in [2.24, 2.45) is 0 Å². The van der Waals surface area contributed by atoms with Crippen LogP contribution in [0.25, 0.3) is 0 Å². The second kappa shape index (κ2) is 7.90. The van der Waals surface area contributed by atoms with Crippen LogP contribution in [0.2, 0.25) is 0 Å². The van der Waals surface area contributed by atoms with Gasteiger partial charge in [-0.3, -0.25) is 9.59 Å². The second-order valence-electron chi connectivity index (χ2n) is 6.84. The fourth-order valence-corrected chi connectivity index (χ4v) is 3.18. The van der Waals surface area contributed by atoms with Crippen LogP contribution in [-0.4, -0.2) is 23.4 Å². The molecular weight excluding hydrogens is 392 g/mol. The Morgan fingerprint density at radius 3 is 2.70 bits per heavy atom. The number of hydrogen-bond acceptors (Lipinski definition) is 4. The summed E-state index contributed by atoms with van der Waals surface area (Å²) in [5.74, 6) is -2.41. The van der Waals surface area contributed by atoms with Crippen molar-refractivity contribution in [1.29, 1.82) is 0 Å². The van der Waals surface area contributed by atoms with Crippen LogP contribution in [0, 0.1) is 18.6 Å². The average Bonchev–Trinajstić information content (AvgIpc) is 3.12. The molecule has 0 radical (unpaired) electrons. The molecule has 0 saturated heterocycles. The molecule has 2 N–H and O–H groups in total. The molecule has 0 saturated carbocycles. The summed E-state index contributed by atoms with van der Waals surface area (Å²) in [6.07, 6.45) is 0.760. The molecule has 4 rings (SSSR count). The molecule has 0 bridgehead atoms. The molecule has 6 nitrogen and oxygen atoms in total. The van der Waals surface area contributed by atoms with Crippen LogP contribution in [0.1, 0.15) is 38.0 Å². The maximum atomic E-state index is 13.8. The first-order valence-corrected chi connectivity index (χ1v) is 9.18. The lowest BCUT2D eigenvalue weighted by atomic mass is 10.1. The number of pyridine rings is 1. The van der Waals surface area contributed by atoms with E-state index >= 15 is 0 Å². The van der Waals surface area contributed by atoms with Crippen LogP contribution in [0.15, 0.2) is 54.7 Å². The highest BCUT2D eigenvalue weighted by Crippen LogP contribution is 2.32. The van der Waals surface area contributed by atoms with Gasteiger partial charge in [-0.15, -0.1) is 0 Å². The van der Waals surface area contributed by atoms with Crippen molar-refractivity contribution in [1.82, 2.24) is 10.3 Å². The Hall–Kier alpha value is -3.81. The summed E-state index contributed by atoms with van der Waals surface area (Å²) in [5.41, 5.74) is 1.65. The number of carbonyl (C=O) groups is 2. The van der Waals surface area contributed by atoms with Crippen LogP contribution >= 0.6 is 0 Å². The monoisotopic (exact) mass is 409 g/mol. The molecule has 0 fully saturated rings. The number of rotatable bonds is 4. The van der Waals surface area contributed by atoms with Gasteiger partial charge in [0.05, 0.1) is 12.2 Å². The number of nitrogens with zero attached hydrogens (tertiary/aromatic N) is 1. The molecule has 1 atom stereocenters. The van der Waals surface area contributed by atoms with Crippen molar-refractivity contribution in [3.05, 3.63) is 88.7 Å². The maximum absolute atomic E-state index is 13.8. The van der Waals surface area contributed by atoms with E-state index in [0.717, 1.165) is 17.5 Å². The van der Waals surface area contributed by atoms with Crippen molar-refractivity contribution >= 4 is 17.5 Å². The van der Waals surface area contributed by atoms with E-state index in [1.165, 1.54) is 6.07 Å². The Balaban J connectivity index is 1.52. The standard InChI is InChI=1S/C22H17F2N3O3/c1-12-6-7-13(21(28)27-18-11-30-19-5-3-2-4-15(18)19)8-17(12)26-22(29)20-16(24)9-14(23)10-25-20/h2-10,18H,11H2,1H3,(H,26,29)(H,27,28). The summed E-state index contributed by atoms with van der Waals surface area (Å²) in [5, 5.41) is 5.43. The molecule has 152 valence electrons. The molecule has 30 heavy (non-hydrogen) atoms. The lowest BCUT2D eigenvalue weighted by Crippen LogP contribution is -2.29. The van der Waals surface area contributed by atoms with Gasteiger partial charge in [-0.25, -0.2) is 13.8 Å². The number of aromatic nitrogens is 1. The van der Waals surface area contributed by atoms with Gasteiger partial charge < -0.3 is 15.4 Å². The van der Waals surface area contributed by atoms with E-state index in [9.17, 15) is 18.4 Å². The fraction of sp³-hybridized carbons (Fsp3) is 0.136. The van der Waals surface area contributed by atoms with Crippen LogP contribution in [0.5, 0.6) is 5.75 Å². The number of fused-ring (bicyclic) bond motifs is 1. The molecule has 1 aliphatic heterocycles. The first-order valence-electron chi connectivity index (χ1n) is 9.18. The van der Waals surface area contributed by atoms with E-state index in [4.69, 9.17) is 4.74 Å². The molecule has 1 aromatic heterocycles. The number of anilines is 1. The van der Waals surface area contributed by atoms with Crippen LogP contribution in [-0.2, 0) is 0 Å². The van der Waals surface area contributed by atoms with Gasteiger partial charge in [0.25, 0.3) is 11.8 Å². The average molecular weight is 409 g/mol. The van der Waals surface area contributed by atoms with Gasteiger partial charge in [0.1, 0.15) is 18.2 Å². The lowest BCUT2D eigenvalue weighted by Gasteiger charge is -2.14. The molecule has 0 aliphatic carbocycles. The maximum Gasteiger partial charge on any atom is 0.277 e. The first kappa shape index (κ1) is 19.5. The number of para-hydroxylation sites is 1. The Bertz CT molecular complexity index is 1150. The Morgan fingerprint density at radius 2 is 1.90 bits per heavy atom. The zero-order valence-corrected chi connectivity index (χ0v) is 15.9. The van der Waals surface area contributed by atoms with Crippen molar-refractivity contribution in [2.45, 2.75) is 13.0 Å². The third-order valence-electron chi connectivity index (χ3n) is 4.78. The highest BCUT2D eigenvalue weighted by molar-refractivity contribution is 6.04. The highest BCUT2D eigenvalue weighted by Gasteiger charge is 2.25. The smallest absolute Gasteiger partial charge is 0.277 e. The van der Waals surface area contributed by atoms with Gasteiger partial charge in [-0.05, 0) is 30.7 Å². The second-order valence-corrected chi connectivity index (χ2v) is 6.84. The van der Waals surface area contributed by atoms with Crippen LogP contribution in [0.3, 0.4) is 0 Å². The van der Waals surface area contributed by atoms with E-state index in [-0.39, 0.29) is 11.9 Å². The SMILES string of the molecule is Cc1ccc(C(=O)NC2COc3ccccc32)cc1NC(=O)c1ncc(F)cc1F. The predicted octanol–water partition coefficient (Wildman–Crippen LogP) is 3.78. The van der Waals surface area contributed by atoms with Crippen molar-refractivity contribution < 1.29 is 23.1 Å². The summed E-state index contributed by atoms with van der Waals surface area (Å²) >= 11 is 0. The van der Waals surface area contributed by atoms with E-state index in [2.05, 4.69) is 15.6 Å². The van der Waals surface area contributed by atoms with Gasteiger partial charge in [-0.1, -0.05) is 24.3 Å². The predicted molar refractivity (Wildman–Crippen MR) is 105 cm³/mol. The summed E-state index contributed by atoms with van der Waals surface area (Å²) < 4.78 is 32.4. The van der Waals surface area contributed by atoms with Crippen LogP contribution < -0.4 is 15.4 Å². The number of benzene rings is 2. The Labute approximate surface area is 170 Å².